The van der Waals surface area contributed by atoms with E-state index in [1.54, 1.807) is 26.8 Å². The van der Waals surface area contributed by atoms with Gasteiger partial charge in [0.05, 0.1) is 34.9 Å². The number of halogens is 3. The van der Waals surface area contributed by atoms with Crippen LogP contribution in [0.2, 0.25) is 15.1 Å². The lowest BCUT2D eigenvalue weighted by Gasteiger charge is -2.37. The zero-order chi connectivity index (χ0) is 21.6. The molecule has 29 heavy (non-hydrogen) atoms. The lowest BCUT2D eigenvalue weighted by molar-refractivity contribution is -0.158. The number of hydroxylamine groups is 2. The Balaban J connectivity index is 1.85. The van der Waals surface area contributed by atoms with E-state index >= 15 is 0 Å². The number of guanidine groups is 2. The summed E-state index contributed by atoms with van der Waals surface area (Å²) >= 11 is 17.9. The van der Waals surface area contributed by atoms with E-state index in [1.807, 2.05) is 0 Å². The Morgan fingerprint density at radius 3 is 2.55 bits per heavy atom. The molecule has 0 aromatic heterocycles. The maximum absolute atomic E-state index is 11.5. The molecule has 1 aliphatic rings. The smallest absolute Gasteiger partial charge is 0.414 e. The Morgan fingerprint density at radius 1 is 1.21 bits per heavy atom. The van der Waals surface area contributed by atoms with Crippen LogP contribution in [-0.4, -0.2) is 48.6 Å². The number of nitrogens with zero attached hydrogens (tertiary/aromatic N) is 3. The van der Waals surface area contributed by atoms with Crippen molar-refractivity contribution in [3.63, 3.8) is 0 Å². The second kappa shape index (κ2) is 10.2. The molecule has 2 rings (SSSR count). The fraction of sp³-hybridized carbons (Fsp3) is 0.471. The van der Waals surface area contributed by atoms with Crippen molar-refractivity contribution in [2.24, 2.45) is 15.7 Å². The summed E-state index contributed by atoms with van der Waals surface area (Å²) in [5.74, 6) is 0.522. The van der Waals surface area contributed by atoms with E-state index in [0.29, 0.717) is 33.8 Å². The van der Waals surface area contributed by atoms with E-state index in [4.69, 9.17) is 54.8 Å². The quantitative estimate of drug-likeness (QED) is 0.467. The third-order valence-corrected chi connectivity index (χ3v) is 4.55. The Morgan fingerprint density at radius 2 is 1.90 bits per heavy atom. The van der Waals surface area contributed by atoms with Gasteiger partial charge >= 0.3 is 6.09 Å². The third-order valence-electron chi connectivity index (χ3n) is 3.54. The summed E-state index contributed by atoms with van der Waals surface area (Å²) in [7, 11) is 0. The topological polar surface area (TPSA) is 111 Å². The van der Waals surface area contributed by atoms with Crippen LogP contribution in [0.5, 0.6) is 5.75 Å². The van der Waals surface area contributed by atoms with Crippen molar-refractivity contribution >= 4 is 52.8 Å². The van der Waals surface area contributed by atoms with Crippen LogP contribution < -0.4 is 15.8 Å². The summed E-state index contributed by atoms with van der Waals surface area (Å²) in [6, 6.07) is 3.07. The van der Waals surface area contributed by atoms with E-state index in [2.05, 4.69) is 15.3 Å². The molecule has 0 fully saturated rings. The molecule has 0 aliphatic carbocycles. The number of benzene rings is 1. The van der Waals surface area contributed by atoms with Gasteiger partial charge in [0.15, 0.2) is 5.66 Å². The molecule has 0 saturated carbocycles. The van der Waals surface area contributed by atoms with Crippen LogP contribution in [0.25, 0.3) is 0 Å². The molecule has 0 saturated heterocycles. The van der Waals surface area contributed by atoms with Gasteiger partial charge in [-0.05, 0) is 26.8 Å². The molecule has 1 aromatic rings. The van der Waals surface area contributed by atoms with Crippen LogP contribution in [0.3, 0.4) is 0 Å². The summed E-state index contributed by atoms with van der Waals surface area (Å²) < 4.78 is 10.4. The standard InChI is InChI=1S/C17H22Cl3N5O4/c1-4-27-16(26)23-15-22-14(21)25(17(2,3)24-15)29-7-5-6-28-13-9-11(19)10(18)8-12(13)20/h8-9H,4-7H2,1-3H3,(H3,21,22,23,24,26). The zero-order valence-electron chi connectivity index (χ0n) is 16.2. The lowest BCUT2D eigenvalue weighted by Crippen LogP contribution is -2.54. The predicted octanol–water partition coefficient (Wildman–Crippen LogP) is 3.82. The van der Waals surface area contributed by atoms with E-state index in [9.17, 15) is 4.79 Å². The summed E-state index contributed by atoms with van der Waals surface area (Å²) in [4.78, 5) is 25.5. The molecule has 0 radical (unpaired) electrons. The van der Waals surface area contributed by atoms with E-state index < -0.39 is 11.8 Å². The average molecular weight is 467 g/mol. The van der Waals surface area contributed by atoms with Gasteiger partial charge in [0.25, 0.3) is 0 Å². The molecule has 160 valence electrons. The van der Waals surface area contributed by atoms with Crippen LogP contribution in [0.15, 0.2) is 22.1 Å². The molecule has 1 amide bonds. The van der Waals surface area contributed by atoms with Crippen molar-refractivity contribution < 1.29 is 19.1 Å². The Kier molecular flexibility index (Phi) is 8.21. The highest BCUT2D eigenvalue weighted by Crippen LogP contribution is 2.33. The minimum absolute atomic E-state index is 0.0448. The summed E-state index contributed by atoms with van der Waals surface area (Å²) in [5, 5.41) is 4.85. The number of hydrogen-bond donors (Lipinski definition) is 2. The highest BCUT2D eigenvalue weighted by Gasteiger charge is 2.34. The van der Waals surface area contributed by atoms with Gasteiger partial charge in [0.2, 0.25) is 11.9 Å². The van der Waals surface area contributed by atoms with Crippen LogP contribution in [0.4, 0.5) is 4.79 Å². The van der Waals surface area contributed by atoms with Gasteiger partial charge in [0, 0.05) is 12.5 Å². The van der Waals surface area contributed by atoms with Crippen molar-refractivity contribution in [2.45, 2.75) is 32.9 Å². The number of ether oxygens (including phenoxy) is 2. The normalized spacial score (nSPS) is 15.4. The number of rotatable bonds is 7. The highest BCUT2D eigenvalue weighted by atomic mass is 35.5. The van der Waals surface area contributed by atoms with Gasteiger partial charge in [-0.2, -0.15) is 10.1 Å². The molecule has 0 unspecified atom stereocenters. The molecule has 1 aliphatic heterocycles. The van der Waals surface area contributed by atoms with Crippen molar-refractivity contribution in [3.05, 3.63) is 27.2 Å². The van der Waals surface area contributed by atoms with Gasteiger partial charge in [-0.3, -0.25) is 10.2 Å². The van der Waals surface area contributed by atoms with Crippen LogP contribution >= 0.6 is 34.8 Å². The number of carbonyl (C=O) groups excluding carboxylic acids is 1. The molecule has 9 nitrogen and oxygen atoms in total. The summed E-state index contributed by atoms with van der Waals surface area (Å²) in [5.41, 5.74) is 5.06. The van der Waals surface area contributed by atoms with Crippen molar-refractivity contribution in [3.8, 4) is 5.75 Å². The van der Waals surface area contributed by atoms with E-state index in [0.717, 1.165) is 0 Å². The molecule has 0 atom stereocenters. The van der Waals surface area contributed by atoms with Crippen LogP contribution in [0.1, 0.15) is 27.2 Å². The van der Waals surface area contributed by atoms with Crippen LogP contribution in [0, 0.1) is 0 Å². The number of alkyl carbamates (subject to hydrolysis) is 1. The molecule has 0 bridgehead atoms. The molecule has 0 spiro atoms. The molecule has 3 N–H and O–H groups in total. The Hall–Kier alpha value is -1.94. The van der Waals surface area contributed by atoms with E-state index in [1.165, 1.54) is 11.1 Å². The number of aliphatic imine (C=N–C) groups is 2. The van der Waals surface area contributed by atoms with Gasteiger partial charge in [0.1, 0.15) is 5.75 Å². The highest BCUT2D eigenvalue weighted by molar-refractivity contribution is 6.43. The molecule has 1 heterocycles. The molecule has 12 heteroatoms. The second-order valence-electron chi connectivity index (χ2n) is 6.27. The number of nitrogens with one attached hydrogen (secondary N) is 1. The number of nitrogens with two attached hydrogens (primary N) is 1. The van der Waals surface area contributed by atoms with Crippen LogP contribution in [-0.2, 0) is 9.57 Å². The van der Waals surface area contributed by atoms with Gasteiger partial charge in [-0.25, -0.2) is 9.79 Å². The minimum Gasteiger partial charge on any atom is -0.492 e. The monoisotopic (exact) mass is 465 g/mol. The third kappa shape index (κ3) is 6.53. The average Bonchev–Trinajstić information content (AvgIpc) is 2.60. The molecular weight excluding hydrogens is 445 g/mol. The van der Waals surface area contributed by atoms with Crippen molar-refractivity contribution in [1.82, 2.24) is 10.4 Å². The fourth-order valence-electron chi connectivity index (χ4n) is 2.31. The maximum atomic E-state index is 11.5. The summed E-state index contributed by atoms with van der Waals surface area (Å²) in [6.07, 6.45) is -0.139. The van der Waals surface area contributed by atoms with Gasteiger partial charge < -0.3 is 15.2 Å². The molecule has 1 aromatic carbocycles. The van der Waals surface area contributed by atoms with Crippen molar-refractivity contribution in [1.29, 1.82) is 0 Å². The fourth-order valence-corrected chi connectivity index (χ4v) is 2.91. The summed E-state index contributed by atoms with van der Waals surface area (Å²) in [6.45, 7) is 6.03. The number of amides is 1. The van der Waals surface area contributed by atoms with Gasteiger partial charge in [-0.15, -0.1) is 0 Å². The Labute approximate surface area is 183 Å². The SMILES string of the molecule is CCOC(=O)NC1=NC(C)(C)N(OCCCOc2cc(Cl)c(Cl)cc2Cl)C(N)=N1. The number of hydrogen-bond acceptors (Lipinski definition) is 8. The largest absolute Gasteiger partial charge is 0.492 e. The Bertz CT molecular complexity index is 817. The lowest BCUT2D eigenvalue weighted by atomic mass is 10.2. The first kappa shape index (κ1) is 23.3. The molecular formula is C17H22Cl3N5O4. The van der Waals surface area contributed by atoms with E-state index in [-0.39, 0.29) is 25.1 Å². The predicted molar refractivity (Wildman–Crippen MR) is 113 cm³/mol. The van der Waals surface area contributed by atoms with Gasteiger partial charge in [-0.1, -0.05) is 34.8 Å². The first-order chi connectivity index (χ1) is 13.6. The minimum atomic E-state index is -0.894. The van der Waals surface area contributed by atoms with Crippen molar-refractivity contribution in [2.75, 3.05) is 19.8 Å². The first-order valence-corrected chi connectivity index (χ1v) is 9.85. The maximum Gasteiger partial charge on any atom is 0.414 e. The zero-order valence-corrected chi connectivity index (χ0v) is 18.4. The first-order valence-electron chi connectivity index (χ1n) is 8.72. The number of carbonyl (C=O) groups is 1. The second-order valence-corrected chi connectivity index (χ2v) is 7.49.